The average Bonchev–Trinajstić information content (AvgIpc) is 3.13. The number of H-pyrrole nitrogens is 1. The summed E-state index contributed by atoms with van der Waals surface area (Å²) < 4.78 is 13.7. The Morgan fingerprint density at radius 3 is 2.78 bits per heavy atom. The molecule has 2 N–H and O–H groups in total. The van der Waals surface area contributed by atoms with E-state index < -0.39 is 0 Å². The molecule has 27 heavy (non-hydrogen) atoms. The van der Waals surface area contributed by atoms with Crippen molar-refractivity contribution in [1.82, 2.24) is 25.2 Å². The van der Waals surface area contributed by atoms with Gasteiger partial charge in [-0.05, 0) is 57.2 Å². The Kier molecular flexibility index (Phi) is 5.27. The Morgan fingerprint density at radius 1 is 1.19 bits per heavy atom. The fourth-order valence-corrected chi connectivity index (χ4v) is 3.50. The summed E-state index contributed by atoms with van der Waals surface area (Å²) in [5.41, 5.74) is 3.10. The second kappa shape index (κ2) is 7.98. The molecule has 1 aliphatic heterocycles. The van der Waals surface area contributed by atoms with Gasteiger partial charge in [0.2, 0.25) is 0 Å². The molecule has 140 valence electrons. The SMILES string of the molecule is CN1CCC(NCc2nc(-c3cccc(F)c3)c(-c3ccccn3)[nH]2)CC1. The number of rotatable bonds is 5. The number of imidazole rings is 1. The molecule has 0 amide bonds. The van der Waals surface area contributed by atoms with Crippen molar-refractivity contribution < 1.29 is 4.39 Å². The van der Waals surface area contributed by atoms with Crippen LogP contribution in [0.5, 0.6) is 0 Å². The van der Waals surface area contributed by atoms with Crippen LogP contribution in [0.1, 0.15) is 18.7 Å². The molecule has 0 atom stereocenters. The van der Waals surface area contributed by atoms with E-state index in [9.17, 15) is 4.39 Å². The molecular weight excluding hydrogens is 341 g/mol. The minimum absolute atomic E-state index is 0.270. The van der Waals surface area contributed by atoms with Crippen molar-refractivity contribution in [2.75, 3.05) is 20.1 Å². The van der Waals surface area contributed by atoms with Crippen LogP contribution in [0, 0.1) is 5.82 Å². The predicted octanol–water partition coefficient (Wildman–Crippen LogP) is 3.46. The Morgan fingerprint density at radius 2 is 2.04 bits per heavy atom. The number of aromatic nitrogens is 3. The lowest BCUT2D eigenvalue weighted by atomic mass is 10.1. The van der Waals surface area contributed by atoms with Crippen LogP contribution in [-0.2, 0) is 6.54 Å². The fourth-order valence-electron chi connectivity index (χ4n) is 3.50. The quantitative estimate of drug-likeness (QED) is 0.727. The predicted molar refractivity (Wildman–Crippen MR) is 105 cm³/mol. The first-order valence-electron chi connectivity index (χ1n) is 9.37. The van der Waals surface area contributed by atoms with Gasteiger partial charge in [-0.15, -0.1) is 0 Å². The third kappa shape index (κ3) is 4.23. The smallest absolute Gasteiger partial charge is 0.123 e. The van der Waals surface area contributed by atoms with Crippen LogP contribution in [0.4, 0.5) is 4.39 Å². The van der Waals surface area contributed by atoms with Gasteiger partial charge in [-0.25, -0.2) is 9.37 Å². The second-order valence-electron chi connectivity index (χ2n) is 7.09. The summed E-state index contributed by atoms with van der Waals surface area (Å²) in [6, 6.07) is 12.8. The van der Waals surface area contributed by atoms with Crippen molar-refractivity contribution in [1.29, 1.82) is 0 Å². The highest BCUT2D eigenvalue weighted by Crippen LogP contribution is 2.29. The van der Waals surface area contributed by atoms with Gasteiger partial charge in [0.25, 0.3) is 0 Å². The average molecular weight is 365 g/mol. The Balaban J connectivity index is 1.60. The topological polar surface area (TPSA) is 56.8 Å². The van der Waals surface area contributed by atoms with E-state index in [1.807, 2.05) is 24.3 Å². The number of nitrogens with zero attached hydrogens (tertiary/aromatic N) is 3. The minimum Gasteiger partial charge on any atom is -0.339 e. The van der Waals surface area contributed by atoms with Crippen LogP contribution < -0.4 is 5.32 Å². The highest BCUT2D eigenvalue weighted by molar-refractivity contribution is 5.76. The van der Waals surface area contributed by atoms with Crippen LogP contribution in [0.2, 0.25) is 0 Å². The number of hydrogen-bond acceptors (Lipinski definition) is 4. The van der Waals surface area contributed by atoms with Crippen LogP contribution in [0.15, 0.2) is 48.7 Å². The van der Waals surface area contributed by atoms with Crippen molar-refractivity contribution in [3.8, 4) is 22.6 Å². The van der Waals surface area contributed by atoms with Gasteiger partial charge >= 0.3 is 0 Å². The molecule has 0 radical (unpaired) electrons. The molecule has 6 heteroatoms. The molecule has 0 saturated carbocycles. The lowest BCUT2D eigenvalue weighted by molar-refractivity contribution is 0.233. The van der Waals surface area contributed by atoms with Crippen LogP contribution >= 0.6 is 0 Å². The van der Waals surface area contributed by atoms with E-state index in [0.717, 1.165) is 54.4 Å². The molecule has 0 bridgehead atoms. The van der Waals surface area contributed by atoms with Gasteiger partial charge < -0.3 is 15.2 Å². The van der Waals surface area contributed by atoms with Crippen molar-refractivity contribution in [3.05, 3.63) is 60.3 Å². The largest absolute Gasteiger partial charge is 0.339 e. The molecule has 2 aromatic heterocycles. The molecule has 4 rings (SSSR count). The molecule has 0 spiro atoms. The lowest BCUT2D eigenvalue weighted by Gasteiger charge is -2.29. The normalized spacial score (nSPS) is 15.9. The maximum absolute atomic E-state index is 13.7. The molecule has 1 aliphatic rings. The maximum atomic E-state index is 13.7. The van der Waals surface area contributed by atoms with Crippen molar-refractivity contribution in [2.45, 2.75) is 25.4 Å². The number of aromatic amines is 1. The van der Waals surface area contributed by atoms with Crippen molar-refractivity contribution >= 4 is 0 Å². The molecule has 0 unspecified atom stereocenters. The molecule has 3 heterocycles. The number of hydrogen-bond donors (Lipinski definition) is 2. The monoisotopic (exact) mass is 365 g/mol. The maximum Gasteiger partial charge on any atom is 0.123 e. The number of benzene rings is 1. The third-order valence-electron chi connectivity index (χ3n) is 5.05. The molecular formula is C21H24FN5. The summed E-state index contributed by atoms with van der Waals surface area (Å²) in [4.78, 5) is 14.9. The molecule has 1 saturated heterocycles. The number of nitrogens with one attached hydrogen (secondary N) is 2. The van der Waals surface area contributed by atoms with E-state index in [1.165, 1.54) is 12.1 Å². The summed E-state index contributed by atoms with van der Waals surface area (Å²) in [5, 5.41) is 3.60. The third-order valence-corrected chi connectivity index (χ3v) is 5.05. The van der Waals surface area contributed by atoms with Gasteiger partial charge in [0, 0.05) is 17.8 Å². The van der Waals surface area contributed by atoms with Gasteiger partial charge in [-0.1, -0.05) is 18.2 Å². The summed E-state index contributed by atoms with van der Waals surface area (Å²) in [7, 11) is 2.16. The van der Waals surface area contributed by atoms with Gasteiger partial charge in [-0.2, -0.15) is 0 Å². The van der Waals surface area contributed by atoms with Crippen LogP contribution in [0.3, 0.4) is 0 Å². The number of halogens is 1. The van der Waals surface area contributed by atoms with Crippen molar-refractivity contribution in [3.63, 3.8) is 0 Å². The highest BCUT2D eigenvalue weighted by atomic mass is 19.1. The van der Waals surface area contributed by atoms with E-state index in [1.54, 1.807) is 12.3 Å². The van der Waals surface area contributed by atoms with Crippen molar-refractivity contribution in [2.24, 2.45) is 0 Å². The van der Waals surface area contributed by atoms with Gasteiger partial charge in [-0.3, -0.25) is 4.98 Å². The standard InChI is InChI=1S/C21H24FN5/c1-27-11-8-17(9-12-27)24-14-19-25-20(15-5-4-6-16(22)13-15)21(26-19)18-7-2-3-10-23-18/h2-7,10,13,17,24H,8-9,11-12,14H2,1H3,(H,25,26). The first-order chi connectivity index (χ1) is 13.2. The molecule has 1 aromatic carbocycles. The first kappa shape index (κ1) is 17.8. The summed E-state index contributed by atoms with van der Waals surface area (Å²) in [6.45, 7) is 2.89. The zero-order valence-electron chi connectivity index (χ0n) is 15.5. The van der Waals surface area contributed by atoms with Gasteiger partial charge in [0.05, 0.1) is 23.6 Å². The fraction of sp³-hybridized carbons (Fsp3) is 0.333. The number of likely N-dealkylation sites (tertiary alicyclic amines) is 1. The molecule has 1 fully saturated rings. The first-order valence-corrected chi connectivity index (χ1v) is 9.37. The zero-order valence-corrected chi connectivity index (χ0v) is 15.5. The Bertz CT molecular complexity index is 885. The minimum atomic E-state index is -0.270. The van der Waals surface area contributed by atoms with Crippen LogP contribution in [-0.4, -0.2) is 46.0 Å². The highest BCUT2D eigenvalue weighted by Gasteiger charge is 2.18. The van der Waals surface area contributed by atoms with E-state index in [0.29, 0.717) is 12.6 Å². The number of pyridine rings is 1. The summed E-state index contributed by atoms with van der Waals surface area (Å²) >= 11 is 0. The molecule has 5 nitrogen and oxygen atoms in total. The molecule has 0 aliphatic carbocycles. The summed E-state index contributed by atoms with van der Waals surface area (Å²) in [5.74, 6) is 0.572. The summed E-state index contributed by atoms with van der Waals surface area (Å²) in [6.07, 6.45) is 4.03. The Labute approximate surface area is 158 Å². The lowest BCUT2D eigenvalue weighted by Crippen LogP contribution is -2.40. The van der Waals surface area contributed by atoms with E-state index >= 15 is 0 Å². The zero-order chi connectivity index (χ0) is 18.6. The van der Waals surface area contributed by atoms with Gasteiger partial charge in [0.15, 0.2) is 0 Å². The van der Waals surface area contributed by atoms with E-state index in [-0.39, 0.29) is 5.82 Å². The van der Waals surface area contributed by atoms with E-state index in [2.05, 4.69) is 27.2 Å². The number of piperidine rings is 1. The Hall–Kier alpha value is -2.57. The van der Waals surface area contributed by atoms with E-state index in [4.69, 9.17) is 4.98 Å². The second-order valence-corrected chi connectivity index (χ2v) is 7.09. The van der Waals surface area contributed by atoms with Crippen LogP contribution in [0.25, 0.3) is 22.6 Å². The molecule has 3 aromatic rings. The van der Waals surface area contributed by atoms with Gasteiger partial charge in [0.1, 0.15) is 11.6 Å².